The predicted molar refractivity (Wildman–Crippen MR) is 70.2 cm³/mol. The largest absolute Gasteiger partial charge is 0.508 e. The van der Waals surface area contributed by atoms with E-state index in [0.29, 0.717) is 0 Å². The molecule has 1 rings (SSSR count). The Morgan fingerprint density at radius 2 is 1.59 bits per heavy atom. The molecule has 0 saturated heterocycles. The summed E-state index contributed by atoms with van der Waals surface area (Å²) in [6, 6.07) is 2.79. The van der Waals surface area contributed by atoms with E-state index in [9.17, 15) is 35.1 Å². The Morgan fingerprint density at radius 3 is 2.14 bits per heavy atom. The second kappa shape index (κ2) is 7.29. The van der Waals surface area contributed by atoms with Crippen molar-refractivity contribution in [2.45, 2.75) is 24.4 Å². The number of aliphatic hydroxyl groups is 5. The first-order valence-electron chi connectivity index (χ1n) is 6.14. The van der Waals surface area contributed by atoms with Crippen LogP contribution >= 0.6 is 0 Å². The van der Waals surface area contributed by atoms with Crippen LogP contribution < -0.4 is 0 Å². The fraction of sp³-hybridized carbons (Fsp3) is 0.385. The zero-order chi connectivity index (χ0) is 17.0. The molecule has 0 heterocycles. The van der Waals surface area contributed by atoms with Gasteiger partial charge in [0, 0.05) is 0 Å². The second-order valence-corrected chi connectivity index (χ2v) is 4.57. The van der Waals surface area contributed by atoms with Crippen LogP contribution in [0.15, 0.2) is 18.2 Å². The summed E-state index contributed by atoms with van der Waals surface area (Å²) in [5.74, 6) is -4.03. The number of benzene rings is 1. The fourth-order valence-corrected chi connectivity index (χ4v) is 1.65. The minimum absolute atomic E-state index is 0.417. The Kier molecular flexibility index (Phi) is 5.97. The van der Waals surface area contributed by atoms with Gasteiger partial charge in [-0.05, 0) is 18.2 Å². The van der Waals surface area contributed by atoms with Gasteiger partial charge in [0.2, 0.25) is 11.6 Å². The van der Waals surface area contributed by atoms with Gasteiger partial charge in [0.05, 0.1) is 12.2 Å². The Hall–Kier alpha value is -2.04. The van der Waals surface area contributed by atoms with Crippen LogP contribution in [0.4, 0.5) is 0 Å². The number of hydrogen-bond acceptors (Lipinski definition) is 9. The third kappa shape index (κ3) is 3.78. The van der Waals surface area contributed by atoms with Crippen molar-refractivity contribution in [2.75, 3.05) is 6.61 Å². The molecule has 0 fully saturated rings. The van der Waals surface area contributed by atoms with Crippen molar-refractivity contribution in [2.24, 2.45) is 0 Å². The molecular weight excluding hydrogens is 300 g/mol. The summed E-state index contributed by atoms with van der Waals surface area (Å²) in [7, 11) is 0. The predicted octanol–water partition coefficient (Wildman–Crippen LogP) is -2.71. The number of hydrogen-bond donors (Lipinski definition) is 7. The van der Waals surface area contributed by atoms with E-state index >= 15 is 0 Å². The highest BCUT2D eigenvalue weighted by Crippen LogP contribution is 2.23. The first-order chi connectivity index (χ1) is 10.2. The van der Waals surface area contributed by atoms with Crippen LogP contribution in [0.25, 0.3) is 0 Å². The molecule has 122 valence electrons. The van der Waals surface area contributed by atoms with E-state index in [-0.39, 0.29) is 0 Å². The summed E-state index contributed by atoms with van der Waals surface area (Å²) in [5, 5.41) is 64.9. The minimum Gasteiger partial charge on any atom is -0.508 e. The van der Waals surface area contributed by atoms with Crippen LogP contribution in [0, 0.1) is 0 Å². The van der Waals surface area contributed by atoms with Gasteiger partial charge in [0.1, 0.15) is 35.9 Å². The number of carbonyl (C=O) groups excluding carboxylic acids is 2. The first-order valence-corrected chi connectivity index (χ1v) is 6.14. The highest BCUT2D eigenvalue weighted by molar-refractivity contribution is 6.45. The summed E-state index contributed by atoms with van der Waals surface area (Å²) < 4.78 is 0. The van der Waals surface area contributed by atoms with E-state index in [4.69, 9.17) is 10.2 Å². The van der Waals surface area contributed by atoms with Gasteiger partial charge >= 0.3 is 0 Å². The molecular formula is C13H16O9. The van der Waals surface area contributed by atoms with Crippen LogP contribution in [0.5, 0.6) is 11.5 Å². The maximum Gasteiger partial charge on any atom is 0.235 e. The number of phenols is 2. The van der Waals surface area contributed by atoms with Gasteiger partial charge in [0.25, 0.3) is 0 Å². The quantitative estimate of drug-likeness (QED) is 0.160. The Balaban J connectivity index is 2.95. The van der Waals surface area contributed by atoms with Crippen LogP contribution in [-0.4, -0.2) is 78.3 Å². The van der Waals surface area contributed by atoms with Crippen molar-refractivity contribution in [3.8, 4) is 11.5 Å². The topological polar surface area (TPSA) is 176 Å². The molecule has 22 heavy (non-hydrogen) atoms. The van der Waals surface area contributed by atoms with Crippen LogP contribution in [-0.2, 0) is 4.79 Å². The average Bonchev–Trinajstić information content (AvgIpc) is 2.52. The van der Waals surface area contributed by atoms with Gasteiger partial charge in [-0.3, -0.25) is 9.59 Å². The van der Waals surface area contributed by atoms with E-state index in [0.717, 1.165) is 18.2 Å². The molecule has 1 aromatic carbocycles. The SMILES string of the molecule is O=C(C(=O)[C@H](O)[C@@H](O)[C@H](O)[C@H](O)CO)c1cc(O)ccc1O. The number of Topliss-reactive ketones (excluding diaryl/α,β-unsaturated/α-hetero) is 2. The maximum atomic E-state index is 11.8. The van der Waals surface area contributed by atoms with Gasteiger partial charge in [-0.1, -0.05) is 0 Å². The van der Waals surface area contributed by atoms with Gasteiger partial charge in [-0.2, -0.15) is 0 Å². The maximum absolute atomic E-state index is 11.8. The lowest BCUT2D eigenvalue weighted by Crippen LogP contribution is -2.50. The summed E-state index contributed by atoms with van der Waals surface area (Å²) in [6.07, 6.45) is -8.54. The third-order valence-corrected chi connectivity index (χ3v) is 2.97. The zero-order valence-corrected chi connectivity index (χ0v) is 11.2. The number of ketones is 2. The average molecular weight is 316 g/mol. The molecule has 0 unspecified atom stereocenters. The van der Waals surface area contributed by atoms with Gasteiger partial charge in [-0.25, -0.2) is 0 Å². The summed E-state index contributed by atoms with van der Waals surface area (Å²) in [6.45, 7) is -0.944. The molecule has 9 heteroatoms. The van der Waals surface area contributed by atoms with E-state index in [2.05, 4.69) is 0 Å². The Bertz CT molecular complexity index is 556. The number of carbonyl (C=O) groups is 2. The normalized spacial score (nSPS) is 16.6. The molecule has 7 N–H and O–H groups in total. The number of aromatic hydroxyl groups is 2. The highest BCUT2D eigenvalue weighted by atomic mass is 16.4. The fourth-order valence-electron chi connectivity index (χ4n) is 1.65. The van der Waals surface area contributed by atoms with Crippen molar-refractivity contribution >= 4 is 11.6 Å². The van der Waals surface area contributed by atoms with Crippen LogP contribution in [0.1, 0.15) is 10.4 Å². The lowest BCUT2D eigenvalue weighted by Gasteiger charge is -2.24. The molecule has 1 aromatic rings. The third-order valence-electron chi connectivity index (χ3n) is 2.97. The van der Waals surface area contributed by atoms with Crippen molar-refractivity contribution in [1.82, 2.24) is 0 Å². The first kappa shape index (κ1) is 18.0. The molecule has 0 saturated carbocycles. The van der Waals surface area contributed by atoms with Crippen LogP contribution in [0.2, 0.25) is 0 Å². The lowest BCUT2D eigenvalue weighted by molar-refractivity contribution is -0.143. The Labute approximate surface area is 124 Å². The molecule has 0 aliphatic heterocycles. The molecule has 0 aromatic heterocycles. The smallest absolute Gasteiger partial charge is 0.235 e. The minimum atomic E-state index is -2.40. The van der Waals surface area contributed by atoms with E-state index in [1.807, 2.05) is 0 Å². The molecule has 0 amide bonds. The standard InChI is InChI=1S/C13H16O9/c14-4-8(17)10(19)12(21)13(22)11(20)9(18)6-3-5(15)1-2-7(6)16/h1-3,8,10,12-17,19,21-22H,4H2/t8-,10-,12+,13+/m1/s1. The van der Waals surface area contributed by atoms with Gasteiger partial charge in [0.15, 0.2) is 0 Å². The second-order valence-electron chi connectivity index (χ2n) is 4.57. The highest BCUT2D eigenvalue weighted by Gasteiger charge is 2.37. The summed E-state index contributed by atoms with van der Waals surface area (Å²) in [4.78, 5) is 23.6. The van der Waals surface area contributed by atoms with Crippen molar-refractivity contribution in [1.29, 1.82) is 0 Å². The molecule has 0 bridgehead atoms. The monoisotopic (exact) mass is 316 g/mol. The molecule has 0 radical (unpaired) electrons. The summed E-state index contributed by atoms with van der Waals surface area (Å²) >= 11 is 0. The molecule has 0 spiro atoms. The van der Waals surface area contributed by atoms with E-state index in [1.165, 1.54) is 0 Å². The molecule has 4 atom stereocenters. The molecule has 0 aliphatic rings. The Morgan fingerprint density at radius 1 is 1.00 bits per heavy atom. The van der Waals surface area contributed by atoms with Gasteiger partial charge < -0.3 is 35.7 Å². The number of aliphatic hydroxyl groups excluding tert-OH is 5. The lowest BCUT2D eigenvalue weighted by atomic mass is 9.95. The number of phenolic OH excluding ortho intramolecular Hbond substituents is 2. The molecule has 0 aliphatic carbocycles. The van der Waals surface area contributed by atoms with Gasteiger partial charge in [-0.15, -0.1) is 0 Å². The van der Waals surface area contributed by atoms with Crippen LogP contribution in [0.3, 0.4) is 0 Å². The number of rotatable bonds is 7. The van der Waals surface area contributed by atoms with Crippen molar-refractivity contribution in [3.63, 3.8) is 0 Å². The van der Waals surface area contributed by atoms with E-state index < -0.39 is 59.7 Å². The zero-order valence-electron chi connectivity index (χ0n) is 11.2. The van der Waals surface area contributed by atoms with Crippen molar-refractivity contribution in [3.05, 3.63) is 23.8 Å². The summed E-state index contributed by atoms with van der Waals surface area (Å²) in [5.41, 5.74) is -0.603. The molecule has 9 nitrogen and oxygen atoms in total. The van der Waals surface area contributed by atoms with E-state index in [1.54, 1.807) is 0 Å². The van der Waals surface area contributed by atoms with Crippen molar-refractivity contribution < 1.29 is 45.3 Å².